The lowest BCUT2D eigenvalue weighted by Crippen LogP contribution is -2.26. The normalized spacial score (nSPS) is 11.6. The van der Waals surface area contributed by atoms with E-state index in [2.05, 4.69) is 10.3 Å². The third-order valence-electron chi connectivity index (χ3n) is 4.46. The summed E-state index contributed by atoms with van der Waals surface area (Å²) in [5, 5.41) is 12.4. The second-order valence-electron chi connectivity index (χ2n) is 7.35. The van der Waals surface area contributed by atoms with E-state index in [4.69, 9.17) is 4.42 Å². The van der Waals surface area contributed by atoms with Crippen LogP contribution in [0.5, 0.6) is 0 Å². The number of hydrogen-bond acceptors (Lipinski definition) is 6. The minimum absolute atomic E-state index is 0.171. The minimum atomic E-state index is -3.64. The summed E-state index contributed by atoms with van der Waals surface area (Å²) in [6.07, 6.45) is 0. The highest BCUT2D eigenvalue weighted by Gasteiger charge is 2.22. The number of sulfonamides is 1. The first-order valence-electron chi connectivity index (χ1n) is 9.56. The van der Waals surface area contributed by atoms with E-state index in [1.807, 2.05) is 50.2 Å². The van der Waals surface area contributed by atoms with Crippen LogP contribution in [-0.2, 0) is 16.6 Å². The highest BCUT2D eigenvalue weighted by Crippen LogP contribution is 2.27. The molecule has 0 saturated heterocycles. The maximum absolute atomic E-state index is 12.9. The molecule has 0 atom stereocenters. The summed E-state index contributed by atoms with van der Waals surface area (Å²) in [5.41, 5.74) is 1.67. The zero-order valence-electron chi connectivity index (χ0n) is 17.2. The van der Waals surface area contributed by atoms with Crippen LogP contribution in [0.3, 0.4) is 0 Å². The number of benzene rings is 2. The van der Waals surface area contributed by atoms with Crippen LogP contribution in [0.2, 0.25) is 0 Å². The summed E-state index contributed by atoms with van der Waals surface area (Å²) in [7, 11) is -2.09. The Kier molecular flexibility index (Phi) is 6.55. The quantitative estimate of drug-likeness (QED) is 0.584. The molecule has 0 aliphatic carbocycles. The Labute approximate surface area is 177 Å². The van der Waals surface area contributed by atoms with Gasteiger partial charge in [0, 0.05) is 25.7 Å². The molecule has 8 heteroatoms. The lowest BCUT2D eigenvalue weighted by atomic mass is 10.2. The van der Waals surface area contributed by atoms with Crippen molar-refractivity contribution >= 4 is 15.9 Å². The van der Waals surface area contributed by atoms with Crippen LogP contribution in [0.25, 0.3) is 11.5 Å². The molecule has 0 amide bonds. The molecule has 1 heterocycles. The largest absolute Gasteiger partial charge is 0.419 e. The minimum Gasteiger partial charge on any atom is -0.419 e. The van der Waals surface area contributed by atoms with Crippen molar-refractivity contribution in [3.63, 3.8) is 0 Å². The van der Waals surface area contributed by atoms with Gasteiger partial charge in [0.05, 0.1) is 4.90 Å². The Balaban J connectivity index is 1.80. The van der Waals surface area contributed by atoms with E-state index in [9.17, 15) is 13.7 Å². The van der Waals surface area contributed by atoms with Crippen molar-refractivity contribution in [2.75, 3.05) is 18.9 Å². The van der Waals surface area contributed by atoms with Crippen LogP contribution in [-0.4, -0.2) is 31.3 Å². The summed E-state index contributed by atoms with van der Waals surface area (Å²) in [5.74, 6) is 0.961. The highest BCUT2D eigenvalue weighted by atomic mass is 32.2. The molecule has 0 fully saturated rings. The van der Waals surface area contributed by atoms with E-state index in [-0.39, 0.29) is 23.0 Å². The Morgan fingerprint density at radius 3 is 2.40 bits per heavy atom. The van der Waals surface area contributed by atoms with E-state index in [1.54, 1.807) is 19.2 Å². The van der Waals surface area contributed by atoms with Crippen molar-refractivity contribution < 1.29 is 12.8 Å². The summed E-state index contributed by atoms with van der Waals surface area (Å²) >= 11 is 0. The van der Waals surface area contributed by atoms with Gasteiger partial charge in [0.25, 0.3) is 0 Å². The number of nitrogens with one attached hydrogen (secondary N) is 1. The summed E-state index contributed by atoms with van der Waals surface area (Å²) < 4.78 is 32.7. The van der Waals surface area contributed by atoms with Gasteiger partial charge < -0.3 is 9.73 Å². The number of aromatic nitrogens is 1. The molecule has 3 aromatic rings. The molecule has 3 rings (SSSR count). The molecule has 2 aromatic carbocycles. The molecule has 0 spiro atoms. The summed E-state index contributed by atoms with van der Waals surface area (Å²) in [6.45, 7) is 5.02. The molecule has 7 nitrogen and oxygen atoms in total. The van der Waals surface area contributed by atoms with Crippen LogP contribution in [0, 0.1) is 17.2 Å². The molecule has 0 unspecified atom stereocenters. The monoisotopic (exact) mass is 424 g/mol. The third-order valence-corrected chi connectivity index (χ3v) is 6.28. The number of oxazole rings is 1. The average Bonchev–Trinajstić information content (AvgIpc) is 3.16. The fourth-order valence-electron chi connectivity index (χ4n) is 2.81. The van der Waals surface area contributed by atoms with Gasteiger partial charge in [-0.25, -0.2) is 8.42 Å². The molecule has 156 valence electrons. The molecule has 30 heavy (non-hydrogen) atoms. The molecular weight excluding hydrogens is 400 g/mol. The predicted molar refractivity (Wildman–Crippen MR) is 115 cm³/mol. The van der Waals surface area contributed by atoms with Gasteiger partial charge in [-0.05, 0) is 35.7 Å². The predicted octanol–water partition coefficient (Wildman–Crippen LogP) is 4.10. The van der Waals surface area contributed by atoms with Crippen LogP contribution < -0.4 is 5.32 Å². The zero-order chi connectivity index (χ0) is 21.7. The third kappa shape index (κ3) is 4.87. The average molecular weight is 425 g/mol. The van der Waals surface area contributed by atoms with Gasteiger partial charge in [-0.3, -0.25) is 0 Å². The van der Waals surface area contributed by atoms with Crippen molar-refractivity contribution in [1.82, 2.24) is 9.29 Å². The fourth-order valence-corrected chi connectivity index (χ4v) is 3.97. The van der Waals surface area contributed by atoms with Crippen LogP contribution in [0.1, 0.15) is 25.1 Å². The van der Waals surface area contributed by atoms with E-state index in [0.29, 0.717) is 23.9 Å². The van der Waals surface area contributed by atoms with Crippen molar-refractivity contribution in [3.8, 4) is 17.5 Å². The molecule has 0 aliphatic rings. The number of rotatable bonds is 8. The lowest BCUT2D eigenvalue weighted by molar-refractivity contribution is 0.466. The second kappa shape index (κ2) is 9.11. The Bertz CT molecular complexity index is 1130. The van der Waals surface area contributed by atoms with Gasteiger partial charge >= 0.3 is 0 Å². The molecule has 1 aromatic heterocycles. The van der Waals surface area contributed by atoms with Crippen LogP contribution in [0.15, 0.2) is 63.9 Å². The SMILES string of the molecule is CC(C)CNc1oc(-c2ccc(S(=O)(=O)N(C)Cc3ccccc3)cc2)nc1C#N. The second-order valence-corrected chi connectivity index (χ2v) is 9.40. The molecule has 0 saturated carbocycles. The maximum atomic E-state index is 12.9. The van der Waals surface area contributed by atoms with Crippen molar-refractivity contribution in [3.05, 3.63) is 65.9 Å². The number of nitriles is 1. The molecule has 0 bridgehead atoms. The van der Waals surface area contributed by atoms with E-state index in [1.165, 1.54) is 16.4 Å². The van der Waals surface area contributed by atoms with E-state index >= 15 is 0 Å². The van der Waals surface area contributed by atoms with E-state index < -0.39 is 10.0 Å². The topological polar surface area (TPSA) is 99.2 Å². The molecule has 0 aliphatic heterocycles. The molecule has 0 radical (unpaired) electrons. The number of anilines is 1. The Hall–Kier alpha value is -3.15. The first-order chi connectivity index (χ1) is 14.3. The smallest absolute Gasteiger partial charge is 0.243 e. The summed E-state index contributed by atoms with van der Waals surface area (Å²) in [6, 6.07) is 17.7. The van der Waals surface area contributed by atoms with E-state index in [0.717, 1.165) is 5.56 Å². The lowest BCUT2D eigenvalue weighted by Gasteiger charge is -2.17. The Morgan fingerprint density at radius 2 is 1.80 bits per heavy atom. The molecular formula is C22H24N4O3S. The number of hydrogen-bond donors (Lipinski definition) is 1. The van der Waals surface area contributed by atoms with Gasteiger partial charge in [-0.1, -0.05) is 44.2 Å². The fraction of sp³-hybridized carbons (Fsp3) is 0.273. The highest BCUT2D eigenvalue weighted by molar-refractivity contribution is 7.89. The maximum Gasteiger partial charge on any atom is 0.243 e. The number of nitrogens with zero attached hydrogens (tertiary/aromatic N) is 3. The van der Waals surface area contributed by atoms with Gasteiger partial charge in [0.15, 0.2) is 0 Å². The summed E-state index contributed by atoms with van der Waals surface area (Å²) in [4.78, 5) is 4.39. The zero-order valence-corrected chi connectivity index (χ0v) is 18.0. The van der Waals surface area contributed by atoms with Gasteiger partial charge in [-0.15, -0.1) is 0 Å². The first kappa shape index (κ1) is 21.6. The first-order valence-corrected chi connectivity index (χ1v) is 11.0. The molecule has 1 N–H and O–H groups in total. The van der Waals surface area contributed by atoms with Gasteiger partial charge in [-0.2, -0.15) is 14.6 Å². The van der Waals surface area contributed by atoms with Crippen molar-refractivity contribution in [1.29, 1.82) is 5.26 Å². The van der Waals surface area contributed by atoms with Crippen molar-refractivity contribution in [2.24, 2.45) is 5.92 Å². The van der Waals surface area contributed by atoms with Gasteiger partial charge in [0.1, 0.15) is 6.07 Å². The van der Waals surface area contributed by atoms with Crippen molar-refractivity contribution in [2.45, 2.75) is 25.3 Å². The standard InChI is InChI=1S/C22H24N4O3S/c1-16(2)14-24-22-20(13-23)25-21(29-22)18-9-11-19(12-10-18)30(27,28)26(3)15-17-7-5-4-6-8-17/h4-12,16,24H,14-15H2,1-3H3. The Morgan fingerprint density at radius 1 is 1.13 bits per heavy atom. The van der Waals surface area contributed by atoms with Crippen LogP contribution >= 0.6 is 0 Å². The van der Waals surface area contributed by atoms with Gasteiger partial charge in [0.2, 0.25) is 27.5 Å². The van der Waals surface area contributed by atoms with Crippen LogP contribution in [0.4, 0.5) is 5.88 Å².